The number of carboxylic acids is 1. The fraction of sp³-hybridized carbons (Fsp3) is 0.333. The normalized spacial score (nSPS) is 19.3. The van der Waals surface area contributed by atoms with E-state index in [0.29, 0.717) is 29.7 Å². The molecule has 1 saturated heterocycles. The van der Waals surface area contributed by atoms with Crippen LogP contribution in [0.1, 0.15) is 5.56 Å². The number of nitrogens with zero attached hydrogens (tertiary/aromatic N) is 2. The van der Waals surface area contributed by atoms with Gasteiger partial charge in [-0.15, -0.1) is 0 Å². The van der Waals surface area contributed by atoms with Gasteiger partial charge in [-0.25, -0.2) is 4.79 Å². The third-order valence-electron chi connectivity index (χ3n) is 2.78. The Morgan fingerprint density at radius 1 is 1.61 bits per heavy atom. The number of rotatable bonds is 2. The van der Waals surface area contributed by atoms with Gasteiger partial charge in [-0.2, -0.15) is 5.26 Å². The largest absolute Gasteiger partial charge is 0.479 e. The summed E-state index contributed by atoms with van der Waals surface area (Å²) in [7, 11) is 0. The average molecular weight is 311 g/mol. The molecule has 0 bridgehead atoms. The van der Waals surface area contributed by atoms with Gasteiger partial charge in [0.15, 0.2) is 6.10 Å². The van der Waals surface area contributed by atoms with Gasteiger partial charge in [0.2, 0.25) is 0 Å². The highest BCUT2D eigenvalue weighted by Gasteiger charge is 2.26. The first-order valence-corrected chi connectivity index (χ1v) is 6.20. The standard InChI is InChI=1S/C12H11BrN2O3/c13-10-5-9(2-1-8(10)6-14)15-3-4-18-11(7-15)12(16)17/h1-2,5,11H,3-4,7H2,(H,16,17). The van der Waals surface area contributed by atoms with Crippen molar-refractivity contribution >= 4 is 27.6 Å². The molecule has 0 aliphatic carbocycles. The fourth-order valence-corrected chi connectivity index (χ4v) is 2.28. The molecule has 0 saturated carbocycles. The number of ether oxygens (including phenoxy) is 1. The molecule has 1 heterocycles. The van der Waals surface area contributed by atoms with Crippen molar-refractivity contribution in [1.29, 1.82) is 5.26 Å². The molecule has 94 valence electrons. The molecule has 0 radical (unpaired) electrons. The molecule has 1 aliphatic heterocycles. The maximum atomic E-state index is 10.9. The van der Waals surface area contributed by atoms with Gasteiger partial charge in [-0.05, 0) is 34.1 Å². The van der Waals surface area contributed by atoms with Crippen molar-refractivity contribution in [3.05, 3.63) is 28.2 Å². The summed E-state index contributed by atoms with van der Waals surface area (Å²) in [4.78, 5) is 12.8. The van der Waals surface area contributed by atoms with Crippen molar-refractivity contribution in [2.24, 2.45) is 0 Å². The Hall–Kier alpha value is -1.58. The van der Waals surface area contributed by atoms with Crippen molar-refractivity contribution in [1.82, 2.24) is 0 Å². The Labute approximate surface area is 113 Å². The Kier molecular flexibility index (Phi) is 3.84. The first-order valence-electron chi connectivity index (χ1n) is 5.41. The zero-order chi connectivity index (χ0) is 13.1. The minimum absolute atomic E-state index is 0.313. The van der Waals surface area contributed by atoms with Crippen molar-refractivity contribution in [2.45, 2.75) is 6.10 Å². The monoisotopic (exact) mass is 310 g/mol. The van der Waals surface area contributed by atoms with E-state index in [1.165, 1.54) is 0 Å². The molecule has 1 atom stereocenters. The van der Waals surface area contributed by atoms with Gasteiger partial charge in [0.25, 0.3) is 0 Å². The lowest BCUT2D eigenvalue weighted by Crippen LogP contribution is -2.46. The van der Waals surface area contributed by atoms with Crippen LogP contribution in [0.4, 0.5) is 5.69 Å². The number of hydrogen-bond donors (Lipinski definition) is 1. The summed E-state index contributed by atoms with van der Waals surface area (Å²) in [5.41, 5.74) is 1.44. The van der Waals surface area contributed by atoms with Crippen molar-refractivity contribution < 1.29 is 14.6 Å². The number of aliphatic carboxylic acids is 1. The van der Waals surface area contributed by atoms with E-state index in [9.17, 15) is 4.79 Å². The number of anilines is 1. The highest BCUT2D eigenvalue weighted by atomic mass is 79.9. The predicted molar refractivity (Wildman–Crippen MR) is 68.4 cm³/mol. The van der Waals surface area contributed by atoms with E-state index in [2.05, 4.69) is 22.0 Å². The molecule has 2 rings (SSSR count). The van der Waals surface area contributed by atoms with Crippen LogP contribution in [0, 0.1) is 11.3 Å². The van der Waals surface area contributed by atoms with Gasteiger partial charge in [-0.3, -0.25) is 0 Å². The highest BCUT2D eigenvalue weighted by molar-refractivity contribution is 9.10. The van der Waals surface area contributed by atoms with E-state index in [0.717, 1.165) is 5.69 Å². The number of carbonyl (C=O) groups is 1. The molecule has 1 aromatic rings. The van der Waals surface area contributed by atoms with Crippen LogP contribution in [0.15, 0.2) is 22.7 Å². The van der Waals surface area contributed by atoms with Crippen LogP contribution >= 0.6 is 15.9 Å². The van der Waals surface area contributed by atoms with Crippen molar-refractivity contribution in [3.63, 3.8) is 0 Å². The molecular weight excluding hydrogens is 300 g/mol. The van der Waals surface area contributed by atoms with E-state index >= 15 is 0 Å². The fourth-order valence-electron chi connectivity index (χ4n) is 1.82. The lowest BCUT2D eigenvalue weighted by atomic mass is 10.2. The molecule has 1 unspecified atom stereocenters. The molecule has 1 N–H and O–H groups in total. The minimum atomic E-state index is -0.951. The predicted octanol–water partition coefficient (Wildman–Crippen LogP) is 1.61. The summed E-state index contributed by atoms with van der Waals surface area (Å²) >= 11 is 3.32. The molecule has 0 aromatic heterocycles. The molecule has 5 nitrogen and oxygen atoms in total. The molecule has 1 aromatic carbocycles. The molecule has 6 heteroatoms. The smallest absolute Gasteiger partial charge is 0.334 e. The maximum Gasteiger partial charge on any atom is 0.334 e. The average Bonchev–Trinajstić information content (AvgIpc) is 2.38. The minimum Gasteiger partial charge on any atom is -0.479 e. The number of morpholine rings is 1. The van der Waals surface area contributed by atoms with Gasteiger partial charge in [0.1, 0.15) is 6.07 Å². The summed E-state index contributed by atoms with van der Waals surface area (Å²) < 4.78 is 5.87. The van der Waals surface area contributed by atoms with Gasteiger partial charge >= 0.3 is 5.97 Å². The summed E-state index contributed by atoms with van der Waals surface area (Å²) in [6.07, 6.45) is -0.798. The number of halogens is 1. The summed E-state index contributed by atoms with van der Waals surface area (Å²) in [6.45, 7) is 1.34. The Bertz CT molecular complexity index is 513. The number of nitriles is 1. The van der Waals surface area contributed by atoms with E-state index in [1.54, 1.807) is 6.07 Å². The van der Waals surface area contributed by atoms with Crippen molar-refractivity contribution in [2.75, 3.05) is 24.6 Å². The number of carboxylic acid groups (broad SMARTS) is 1. The Balaban J connectivity index is 2.19. The zero-order valence-corrected chi connectivity index (χ0v) is 11.1. The van der Waals surface area contributed by atoms with Gasteiger partial charge in [0, 0.05) is 16.7 Å². The molecular formula is C12H11BrN2O3. The summed E-state index contributed by atoms with van der Waals surface area (Å²) in [6, 6.07) is 7.42. The van der Waals surface area contributed by atoms with Crippen LogP contribution in [0.2, 0.25) is 0 Å². The van der Waals surface area contributed by atoms with Crippen LogP contribution in [-0.2, 0) is 9.53 Å². The van der Waals surface area contributed by atoms with Crippen LogP contribution in [-0.4, -0.2) is 36.9 Å². The van der Waals surface area contributed by atoms with Gasteiger partial charge in [-0.1, -0.05) is 0 Å². The second-order valence-electron chi connectivity index (χ2n) is 3.92. The third-order valence-corrected chi connectivity index (χ3v) is 3.44. The second kappa shape index (κ2) is 5.38. The van der Waals surface area contributed by atoms with E-state index in [-0.39, 0.29) is 0 Å². The third kappa shape index (κ3) is 2.63. The first-order chi connectivity index (χ1) is 8.61. The lowest BCUT2D eigenvalue weighted by molar-refractivity contribution is -0.150. The van der Waals surface area contributed by atoms with Crippen LogP contribution in [0.3, 0.4) is 0 Å². The Morgan fingerprint density at radius 3 is 3.00 bits per heavy atom. The zero-order valence-electron chi connectivity index (χ0n) is 9.47. The van der Waals surface area contributed by atoms with Gasteiger partial charge in [0.05, 0.1) is 18.7 Å². The first kappa shape index (κ1) is 12.9. The highest BCUT2D eigenvalue weighted by Crippen LogP contribution is 2.25. The van der Waals surface area contributed by atoms with E-state index in [4.69, 9.17) is 15.1 Å². The lowest BCUT2D eigenvalue weighted by Gasteiger charge is -2.32. The Morgan fingerprint density at radius 2 is 2.39 bits per heavy atom. The quantitative estimate of drug-likeness (QED) is 0.898. The number of hydrogen-bond acceptors (Lipinski definition) is 4. The summed E-state index contributed by atoms with van der Waals surface area (Å²) in [5.74, 6) is -0.951. The molecule has 18 heavy (non-hydrogen) atoms. The summed E-state index contributed by atoms with van der Waals surface area (Å²) in [5, 5.41) is 17.8. The van der Waals surface area contributed by atoms with Crippen molar-refractivity contribution in [3.8, 4) is 6.07 Å². The van der Waals surface area contributed by atoms with E-state index < -0.39 is 12.1 Å². The number of benzene rings is 1. The maximum absolute atomic E-state index is 10.9. The van der Waals surface area contributed by atoms with Gasteiger partial charge < -0.3 is 14.7 Å². The van der Waals surface area contributed by atoms with Crippen LogP contribution < -0.4 is 4.90 Å². The molecule has 0 spiro atoms. The SMILES string of the molecule is N#Cc1ccc(N2CCOC(C(=O)O)C2)cc1Br. The van der Waals surface area contributed by atoms with Crippen LogP contribution in [0.25, 0.3) is 0 Å². The second-order valence-corrected chi connectivity index (χ2v) is 4.77. The van der Waals surface area contributed by atoms with E-state index in [1.807, 2.05) is 17.0 Å². The topological polar surface area (TPSA) is 73.6 Å². The van der Waals surface area contributed by atoms with Crippen LogP contribution in [0.5, 0.6) is 0 Å². The molecule has 1 aliphatic rings. The molecule has 0 amide bonds. The molecule has 1 fully saturated rings.